The lowest BCUT2D eigenvalue weighted by Gasteiger charge is -2.18. The van der Waals surface area contributed by atoms with Crippen molar-refractivity contribution in [2.24, 2.45) is 0 Å². The van der Waals surface area contributed by atoms with Crippen molar-refractivity contribution < 1.29 is 4.39 Å². The molecule has 0 aromatic heterocycles. The van der Waals surface area contributed by atoms with Crippen LogP contribution in [-0.2, 0) is 6.42 Å². The highest BCUT2D eigenvalue weighted by atomic mass is 79.9. The zero-order chi connectivity index (χ0) is 14.7. The first-order valence-corrected chi connectivity index (χ1v) is 8.04. The highest BCUT2D eigenvalue weighted by molar-refractivity contribution is 9.11. The first-order chi connectivity index (χ1) is 9.51. The first kappa shape index (κ1) is 16.0. The highest BCUT2D eigenvalue weighted by Crippen LogP contribution is 2.29. The second-order valence-electron chi connectivity index (χ2n) is 4.45. The molecule has 0 aliphatic carbocycles. The molecule has 20 heavy (non-hydrogen) atoms. The molecule has 1 atom stereocenters. The van der Waals surface area contributed by atoms with Crippen LogP contribution in [0.1, 0.15) is 17.2 Å². The third-order valence-corrected chi connectivity index (χ3v) is 4.38. The standard InChI is InChI=1S/C15H13Br2ClFN/c1-20-15(9-5-10(16)7-11(17)6-9)8-12-13(18)3-2-4-14(12)19/h2-7,15,20H,8H2,1H3. The summed E-state index contributed by atoms with van der Waals surface area (Å²) in [5, 5.41) is 3.67. The van der Waals surface area contributed by atoms with Crippen LogP contribution in [0.15, 0.2) is 45.3 Å². The molecule has 5 heteroatoms. The van der Waals surface area contributed by atoms with E-state index in [-0.39, 0.29) is 11.9 Å². The SMILES string of the molecule is CNC(Cc1c(F)cccc1Cl)c1cc(Br)cc(Br)c1. The van der Waals surface area contributed by atoms with Crippen LogP contribution < -0.4 is 5.32 Å². The minimum absolute atomic E-state index is 0.0156. The zero-order valence-electron chi connectivity index (χ0n) is 10.8. The summed E-state index contributed by atoms with van der Waals surface area (Å²) in [7, 11) is 1.86. The van der Waals surface area contributed by atoms with Crippen LogP contribution in [-0.4, -0.2) is 7.05 Å². The van der Waals surface area contributed by atoms with Gasteiger partial charge in [0.1, 0.15) is 5.82 Å². The van der Waals surface area contributed by atoms with Gasteiger partial charge < -0.3 is 5.32 Å². The molecule has 2 rings (SSSR count). The van der Waals surface area contributed by atoms with Gasteiger partial charge in [-0.2, -0.15) is 0 Å². The predicted octanol–water partition coefficient (Wildman–Crippen LogP) is 5.51. The zero-order valence-corrected chi connectivity index (χ0v) is 14.7. The minimum Gasteiger partial charge on any atom is -0.313 e. The summed E-state index contributed by atoms with van der Waals surface area (Å²) in [6.45, 7) is 0. The first-order valence-electron chi connectivity index (χ1n) is 6.07. The fourth-order valence-electron chi connectivity index (χ4n) is 2.09. The van der Waals surface area contributed by atoms with Crippen molar-refractivity contribution in [3.8, 4) is 0 Å². The molecule has 1 nitrogen and oxygen atoms in total. The molecular formula is C15H13Br2ClFN. The Bertz CT molecular complexity index is 578. The summed E-state index contributed by atoms with van der Waals surface area (Å²) in [6.07, 6.45) is 0.491. The number of halogens is 4. The number of hydrogen-bond acceptors (Lipinski definition) is 1. The maximum Gasteiger partial charge on any atom is 0.127 e. The molecule has 0 aliphatic rings. The lowest BCUT2D eigenvalue weighted by molar-refractivity contribution is 0.554. The molecule has 0 heterocycles. The molecule has 0 spiro atoms. The summed E-state index contributed by atoms with van der Waals surface area (Å²) in [5.74, 6) is -0.271. The van der Waals surface area contributed by atoms with E-state index in [4.69, 9.17) is 11.6 Å². The van der Waals surface area contributed by atoms with Crippen LogP contribution in [0.3, 0.4) is 0 Å². The molecule has 1 unspecified atom stereocenters. The molecule has 2 aromatic rings. The molecule has 0 bridgehead atoms. The highest BCUT2D eigenvalue weighted by Gasteiger charge is 2.16. The van der Waals surface area contributed by atoms with Gasteiger partial charge in [0.05, 0.1) is 0 Å². The number of likely N-dealkylation sites (N-methyl/N-ethyl adjacent to an activating group) is 1. The van der Waals surface area contributed by atoms with E-state index in [2.05, 4.69) is 37.2 Å². The van der Waals surface area contributed by atoms with Crippen molar-refractivity contribution in [1.82, 2.24) is 5.32 Å². The van der Waals surface area contributed by atoms with Crippen LogP contribution in [0.2, 0.25) is 5.02 Å². The van der Waals surface area contributed by atoms with Gasteiger partial charge in [0.15, 0.2) is 0 Å². The Kier molecular flexibility index (Phi) is 5.61. The normalized spacial score (nSPS) is 12.4. The average Bonchev–Trinajstić information content (AvgIpc) is 2.37. The molecular weight excluding hydrogens is 408 g/mol. The molecule has 2 aromatic carbocycles. The Labute approximate surface area is 139 Å². The van der Waals surface area contributed by atoms with Crippen molar-refractivity contribution in [2.45, 2.75) is 12.5 Å². The maximum atomic E-state index is 13.9. The van der Waals surface area contributed by atoms with Gasteiger partial charge in [0.2, 0.25) is 0 Å². The van der Waals surface area contributed by atoms with Crippen LogP contribution in [0.5, 0.6) is 0 Å². The topological polar surface area (TPSA) is 12.0 Å². The van der Waals surface area contributed by atoms with Gasteiger partial charge in [-0.15, -0.1) is 0 Å². The average molecular weight is 422 g/mol. The minimum atomic E-state index is -0.271. The quantitative estimate of drug-likeness (QED) is 0.687. The van der Waals surface area contributed by atoms with E-state index in [1.54, 1.807) is 12.1 Å². The molecule has 0 fully saturated rings. The Hall–Kier alpha value is -0.420. The monoisotopic (exact) mass is 419 g/mol. The largest absolute Gasteiger partial charge is 0.313 e. The number of benzene rings is 2. The van der Waals surface area contributed by atoms with Crippen molar-refractivity contribution in [1.29, 1.82) is 0 Å². The van der Waals surface area contributed by atoms with Crippen LogP contribution in [0, 0.1) is 5.82 Å². The van der Waals surface area contributed by atoms with Gasteiger partial charge in [-0.1, -0.05) is 49.5 Å². The third kappa shape index (κ3) is 3.82. The smallest absolute Gasteiger partial charge is 0.127 e. The molecule has 0 radical (unpaired) electrons. The summed E-state index contributed by atoms with van der Waals surface area (Å²) in [5.41, 5.74) is 1.60. The van der Waals surface area contributed by atoms with Crippen molar-refractivity contribution in [3.63, 3.8) is 0 Å². The van der Waals surface area contributed by atoms with Gasteiger partial charge in [-0.05, 0) is 49.4 Å². The Morgan fingerprint density at radius 1 is 1.20 bits per heavy atom. The summed E-state index contributed by atoms with van der Waals surface area (Å²) >= 11 is 13.0. The van der Waals surface area contributed by atoms with E-state index in [9.17, 15) is 4.39 Å². The summed E-state index contributed by atoms with van der Waals surface area (Å²) < 4.78 is 15.8. The molecule has 0 saturated heterocycles. The van der Waals surface area contributed by atoms with Gasteiger partial charge in [-0.3, -0.25) is 0 Å². The van der Waals surface area contributed by atoms with Crippen molar-refractivity contribution in [3.05, 3.63) is 67.3 Å². The van der Waals surface area contributed by atoms with E-state index >= 15 is 0 Å². The maximum absolute atomic E-state index is 13.9. The summed E-state index contributed by atoms with van der Waals surface area (Å²) in [4.78, 5) is 0. The second-order valence-corrected chi connectivity index (χ2v) is 6.69. The van der Waals surface area contributed by atoms with Gasteiger partial charge >= 0.3 is 0 Å². The van der Waals surface area contributed by atoms with E-state index in [1.807, 2.05) is 25.2 Å². The number of rotatable bonds is 4. The predicted molar refractivity (Wildman–Crippen MR) is 88.8 cm³/mol. The molecule has 0 amide bonds. The van der Waals surface area contributed by atoms with Gasteiger partial charge in [0, 0.05) is 25.6 Å². The lowest BCUT2D eigenvalue weighted by atomic mass is 9.98. The van der Waals surface area contributed by atoms with E-state index in [0.717, 1.165) is 14.5 Å². The van der Waals surface area contributed by atoms with E-state index in [1.165, 1.54) is 6.07 Å². The Balaban J connectivity index is 2.33. The van der Waals surface area contributed by atoms with Gasteiger partial charge in [-0.25, -0.2) is 4.39 Å². The lowest BCUT2D eigenvalue weighted by Crippen LogP contribution is -2.19. The van der Waals surface area contributed by atoms with Crippen LogP contribution >= 0.6 is 43.5 Å². The third-order valence-electron chi connectivity index (χ3n) is 3.11. The number of nitrogens with one attached hydrogen (secondary N) is 1. The fraction of sp³-hybridized carbons (Fsp3) is 0.200. The van der Waals surface area contributed by atoms with Crippen molar-refractivity contribution >= 4 is 43.5 Å². The Morgan fingerprint density at radius 2 is 1.85 bits per heavy atom. The molecule has 0 aliphatic heterocycles. The molecule has 106 valence electrons. The molecule has 1 N–H and O–H groups in total. The van der Waals surface area contributed by atoms with Crippen LogP contribution in [0.4, 0.5) is 4.39 Å². The summed E-state index contributed by atoms with van der Waals surface area (Å²) in [6, 6.07) is 10.7. The van der Waals surface area contributed by atoms with Gasteiger partial charge in [0.25, 0.3) is 0 Å². The van der Waals surface area contributed by atoms with Crippen molar-refractivity contribution in [2.75, 3.05) is 7.05 Å². The Morgan fingerprint density at radius 3 is 2.40 bits per heavy atom. The second kappa shape index (κ2) is 7.03. The van der Waals surface area contributed by atoms with E-state index < -0.39 is 0 Å². The number of hydrogen-bond donors (Lipinski definition) is 1. The van der Waals surface area contributed by atoms with E-state index in [0.29, 0.717) is 17.0 Å². The fourth-order valence-corrected chi connectivity index (χ4v) is 3.66. The van der Waals surface area contributed by atoms with Crippen LogP contribution in [0.25, 0.3) is 0 Å². The molecule has 0 saturated carbocycles.